The van der Waals surface area contributed by atoms with Crippen molar-refractivity contribution >= 4 is 28.9 Å². The molecule has 5 rings (SSSR count). The molecule has 8 heteroatoms. The van der Waals surface area contributed by atoms with Crippen LogP contribution in [0.3, 0.4) is 0 Å². The molecular weight excluding hydrogens is 446 g/mol. The van der Waals surface area contributed by atoms with Gasteiger partial charge < -0.3 is 10.4 Å². The van der Waals surface area contributed by atoms with E-state index in [1.54, 1.807) is 36.5 Å². The Labute approximate surface area is 193 Å². The van der Waals surface area contributed by atoms with Crippen molar-refractivity contribution in [1.82, 2.24) is 9.97 Å². The Morgan fingerprint density at radius 2 is 1.73 bits per heavy atom. The number of benzene rings is 3. The van der Waals surface area contributed by atoms with Crippen LogP contribution in [0.4, 0.5) is 20.4 Å². The highest BCUT2D eigenvalue weighted by Gasteiger charge is 2.25. The van der Waals surface area contributed by atoms with Crippen LogP contribution in [0.25, 0.3) is 11.3 Å². The van der Waals surface area contributed by atoms with E-state index in [4.69, 9.17) is 11.6 Å². The van der Waals surface area contributed by atoms with Crippen molar-refractivity contribution < 1.29 is 13.9 Å². The summed E-state index contributed by atoms with van der Waals surface area (Å²) in [7, 11) is 0. The van der Waals surface area contributed by atoms with E-state index in [1.165, 1.54) is 18.2 Å². The van der Waals surface area contributed by atoms with Crippen LogP contribution in [-0.2, 0) is 13.2 Å². The molecule has 3 aromatic carbocycles. The van der Waals surface area contributed by atoms with Crippen molar-refractivity contribution in [2.24, 2.45) is 4.99 Å². The Bertz CT molecular complexity index is 1370. The number of aromatic nitrogens is 2. The Hall–Kier alpha value is -3.68. The summed E-state index contributed by atoms with van der Waals surface area (Å²) >= 11 is 6.25. The lowest BCUT2D eigenvalue weighted by atomic mass is 9.95. The minimum absolute atomic E-state index is 0.0418. The lowest BCUT2D eigenvalue weighted by molar-refractivity contribution is 0.282. The van der Waals surface area contributed by atoms with Gasteiger partial charge in [-0.2, -0.15) is 0 Å². The molecule has 2 N–H and O–H groups in total. The van der Waals surface area contributed by atoms with Gasteiger partial charge in [-0.15, -0.1) is 0 Å². The van der Waals surface area contributed by atoms with Crippen molar-refractivity contribution in [1.29, 1.82) is 0 Å². The minimum atomic E-state index is -0.703. The zero-order valence-corrected chi connectivity index (χ0v) is 17.9. The van der Waals surface area contributed by atoms with Crippen LogP contribution in [0.15, 0.2) is 71.9 Å². The van der Waals surface area contributed by atoms with E-state index in [2.05, 4.69) is 20.3 Å². The predicted molar refractivity (Wildman–Crippen MR) is 124 cm³/mol. The first kappa shape index (κ1) is 21.2. The number of nitrogens with zero attached hydrogens (tertiary/aromatic N) is 3. The van der Waals surface area contributed by atoms with E-state index in [0.717, 1.165) is 11.3 Å². The molecule has 1 aliphatic rings. The Morgan fingerprint density at radius 3 is 2.45 bits per heavy atom. The second-order valence-electron chi connectivity index (χ2n) is 7.50. The van der Waals surface area contributed by atoms with Gasteiger partial charge in [0.05, 0.1) is 30.1 Å². The summed E-state index contributed by atoms with van der Waals surface area (Å²) in [6, 6.07) is 16.1. The molecule has 0 spiro atoms. The fourth-order valence-corrected chi connectivity index (χ4v) is 3.92. The molecule has 1 aliphatic heterocycles. The number of aliphatic imine (C=N–C) groups is 1. The first-order valence-electron chi connectivity index (χ1n) is 10.2. The molecule has 4 aromatic rings. The van der Waals surface area contributed by atoms with Gasteiger partial charge in [-0.1, -0.05) is 35.9 Å². The molecule has 1 aromatic heterocycles. The highest BCUT2D eigenvalue weighted by atomic mass is 35.5. The number of halogens is 3. The fourth-order valence-electron chi connectivity index (χ4n) is 3.74. The first-order chi connectivity index (χ1) is 16.0. The summed E-state index contributed by atoms with van der Waals surface area (Å²) in [5, 5.41) is 12.8. The van der Waals surface area contributed by atoms with Crippen LogP contribution in [0.5, 0.6) is 0 Å². The number of hydrogen-bond donors (Lipinski definition) is 2. The molecule has 0 aliphatic carbocycles. The second kappa shape index (κ2) is 8.69. The van der Waals surface area contributed by atoms with E-state index in [0.29, 0.717) is 33.4 Å². The zero-order chi connectivity index (χ0) is 22.9. The smallest absolute Gasteiger partial charge is 0.227 e. The minimum Gasteiger partial charge on any atom is -0.392 e. The number of aliphatic hydroxyl groups is 1. The molecule has 0 radical (unpaired) electrons. The topological polar surface area (TPSA) is 70.4 Å². The largest absolute Gasteiger partial charge is 0.392 e. The Balaban J connectivity index is 1.61. The third-order valence-corrected chi connectivity index (χ3v) is 5.59. The van der Waals surface area contributed by atoms with Crippen LogP contribution in [0, 0.1) is 11.6 Å². The fraction of sp³-hybridized carbons (Fsp3) is 0.0800. The summed E-state index contributed by atoms with van der Waals surface area (Å²) in [5.74, 6) is -1.05. The van der Waals surface area contributed by atoms with Gasteiger partial charge in [0.25, 0.3) is 0 Å². The van der Waals surface area contributed by atoms with E-state index in [9.17, 15) is 13.9 Å². The molecular formula is C25H17ClF2N4O. The number of anilines is 2. The Morgan fingerprint density at radius 1 is 0.970 bits per heavy atom. The van der Waals surface area contributed by atoms with Crippen LogP contribution in [-0.4, -0.2) is 20.8 Å². The van der Waals surface area contributed by atoms with Crippen LogP contribution >= 0.6 is 11.6 Å². The molecule has 0 atom stereocenters. The van der Waals surface area contributed by atoms with E-state index in [-0.39, 0.29) is 24.4 Å². The van der Waals surface area contributed by atoms with E-state index in [1.807, 2.05) is 12.1 Å². The first-order valence-corrected chi connectivity index (χ1v) is 10.5. The van der Waals surface area contributed by atoms with Crippen molar-refractivity contribution in [2.75, 3.05) is 5.32 Å². The Kier molecular flexibility index (Phi) is 5.58. The van der Waals surface area contributed by atoms with Gasteiger partial charge in [-0.05, 0) is 42.0 Å². The molecule has 0 unspecified atom stereocenters. The van der Waals surface area contributed by atoms with E-state index >= 15 is 0 Å². The maximum Gasteiger partial charge on any atom is 0.227 e. The standard InChI is InChI=1S/C25H17ClF2N4O/c26-16-6-9-18-19(10-16)24(22-20(27)2-1-3-21(22)28)29-11-15-12-30-25(32-23(15)18)31-17-7-4-14(13-33)5-8-17/h1-10,12,33H,11,13H2,(H,30,31,32). The van der Waals surface area contributed by atoms with Crippen molar-refractivity contribution in [2.45, 2.75) is 13.2 Å². The van der Waals surface area contributed by atoms with Crippen molar-refractivity contribution in [3.8, 4) is 11.3 Å². The molecule has 2 heterocycles. The summed E-state index contributed by atoms with van der Waals surface area (Å²) < 4.78 is 29.3. The summed E-state index contributed by atoms with van der Waals surface area (Å²) in [5.41, 5.74) is 3.96. The second-order valence-corrected chi connectivity index (χ2v) is 7.94. The van der Waals surface area contributed by atoms with Crippen LogP contribution < -0.4 is 5.32 Å². The molecule has 33 heavy (non-hydrogen) atoms. The average molecular weight is 463 g/mol. The number of rotatable bonds is 4. The predicted octanol–water partition coefficient (Wildman–Crippen LogP) is 5.66. The van der Waals surface area contributed by atoms with Gasteiger partial charge in [0.15, 0.2) is 0 Å². The van der Waals surface area contributed by atoms with Crippen LogP contribution in [0.2, 0.25) is 5.02 Å². The summed E-state index contributed by atoms with van der Waals surface area (Å²) in [6.45, 7) is 0.107. The van der Waals surface area contributed by atoms with Gasteiger partial charge in [0.2, 0.25) is 5.95 Å². The number of fused-ring (bicyclic) bond motifs is 3. The van der Waals surface area contributed by atoms with E-state index < -0.39 is 11.6 Å². The van der Waals surface area contributed by atoms with Gasteiger partial charge in [0, 0.05) is 33.6 Å². The highest BCUT2D eigenvalue weighted by Crippen LogP contribution is 2.34. The SMILES string of the molecule is OCc1ccc(Nc2ncc3c(n2)-c2ccc(Cl)cc2C(c2c(F)cccc2F)=NC3)cc1. The van der Waals surface area contributed by atoms with Crippen molar-refractivity contribution in [3.63, 3.8) is 0 Å². The summed E-state index contributed by atoms with van der Waals surface area (Å²) in [6.07, 6.45) is 1.65. The van der Waals surface area contributed by atoms with Gasteiger partial charge in [0.1, 0.15) is 11.6 Å². The number of hydrogen-bond acceptors (Lipinski definition) is 5. The number of nitrogens with one attached hydrogen (secondary N) is 1. The van der Waals surface area contributed by atoms with Gasteiger partial charge in [-0.3, -0.25) is 4.99 Å². The normalized spacial score (nSPS) is 12.4. The zero-order valence-electron chi connectivity index (χ0n) is 17.2. The van der Waals surface area contributed by atoms with Gasteiger partial charge >= 0.3 is 0 Å². The van der Waals surface area contributed by atoms with Gasteiger partial charge in [-0.25, -0.2) is 18.7 Å². The third kappa shape index (κ3) is 4.08. The molecule has 0 bridgehead atoms. The summed E-state index contributed by atoms with van der Waals surface area (Å²) in [4.78, 5) is 13.6. The highest BCUT2D eigenvalue weighted by molar-refractivity contribution is 6.31. The molecule has 0 fully saturated rings. The van der Waals surface area contributed by atoms with Crippen LogP contribution in [0.1, 0.15) is 22.3 Å². The molecule has 0 saturated heterocycles. The molecule has 164 valence electrons. The molecule has 0 amide bonds. The number of aliphatic hydroxyl groups excluding tert-OH is 1. The average Bonchev–Trinajstić information content (AvgIpc) is 2.96. The quantitative estimate of drug-likeness (QED) is 0.410. The van der Waals surface area contributed by atoms with Crippen molar-refractivity contribution in [3.05, 3.63) is 106 Å². The molecule has 5 nitrogen and oxygen atoms in total. The lowest BCUT2D eigenvalue weighted by Crippen LogP contribution is -2.10. The maximum atomic E-state index is 14.6. The molecule has 0 saturated carbocycles. The maximum absolute atomic E-state index is 14.6. The third-order valence-electron chi connectivity index (χ3n) is 5.36. The lowest BCUT2D eigenvalue weighted by Gasteiger charge is -2.13. The monoisotopic (exact) mass is 462 g/mol.